The first-order valence-corrected chi connectivity index (χ1v) is 7.72. The Hall–Kier alpha value is -0.640. The number of hydrogen-bond acceptors (Lipinski definition) is 2. The van der Waals surface area contributed by atoms with Gasteiger partial charge in [0.05, 0.1) is 10.1 Å². The van der Waals surface area contributed by atoms with Crippen molar-refractivity contribution in [1.82, 2.24) is 0 Å². The van der Waals surface area contributed by atoms with Crippen LogP contribution in [-0.4, -0.2) is 5.11 Å². The summed E-state index contributed by atoms with van der Waals surface area (Å²) in [6.45, 7) is 0. The summed E-state index contributed by atoms with van der Waals surface area (Å²) in [5.74, 6) is 0.261. The van der Waals surface area contributed by atoms with Gasteiger partial charge in [0.2, 0.25) is 0 Å². The quantitative estimate of drug-likeness (QED) is 0.708. The first-order chi connectivity index (χ1) is 8.66. The molecule has 0 saturated heterocycles. The van der Waals surface area contributed by atoms with Crippen LogP contribution < -0.4 is 0 Å². The predicted molar refractivity (Wildman–Crippen MR) is 79.8 cm³/mol. The summed E-state index contributed by atoms with van der Waals surface area (Å²) in [7, 11) is 0. The number of halogens is 2. The summed E-state index contributed by atoms with van der Waals surface area (Å²) in [6.07, 6.45) is 0. The molecule has 1 aliphatic heterocycles. The largest absolute Gasteiger partial charge is 0.508 e. The monoisotopic (exact) mass is 340 g/mol. The van der Waals surface area contributed by atoms with E-state index in [9.17, 15) is 5.11 Å². The molecule has 2 atom stereocenters. The summed E-state index contributed by atoms with van der Waals surface area (Å²) in [5.41, 5.74) is 2.20. The number of benzene rings is 2. The van der Waals surface area contributed by atoms with E-state index in [-0.39, 0.29) is 15.8 Å². The summed E-state index contributed by atoms with van der Waals surface area (Å²) in [6, 6.07) is 13.6. The average Bonchev–Trinajstić information content (AvgIpc) is 2.68. The Bertz CT molecular complexity index is 602. The van der Waals surface area contributed by atoms with E-state index >= 15 is 0 Å². The molecular weight excluding hydrogens is 332 g/mol. The van der Waals surface area contributed by atoms with Crippen LogP contribution in [0.15, 0.2) is 47.4 Å². The molecular formula is C14H10BrClOS. The van der Waals surface area contributed by atoms with Gasteiger partial charge in [0.25, 0.3) is 0 Å². The molecule has 1 N–H and O–H groups in total. The minimum absolute atomic E-state index is 0.180. The van der Waals surface area contributed by atoms with Crippen LogP contribution in [0.2, 0.25) is 5.02 Å². The average molecular weight is 342 g/mol. The molecule has 0 amide bonds. The van der Waals surface area contributed by atoms with Crippen molar-refractivity contribution in [3.63, 3.8) is 0 Å². The van der Waals surface area contributed by atoms with Crippen LogP contribution in [0.25, 0.3) is 0 Å². The third-order valence-corrected chi connectivity index (χ3v) is 6.05. The molecule has 1 nitrogen and oxygen atoms in total. The van der Waals surface area contributed by atoms with Gasteiger partial charge in [-0.3, -0.25) is 0 Å². The van der Waals surface area contributed by atoms with E-state index in [1.807, 2.05) is 24.3 Å². The maximum Gasteiger partial charge on any atom is 0.121 e. The highest BCUT2D eigenvalue weighted by Gasteiger charge is 2.33. The maximum absolute atomic E-state index is 10.0. The molecule has 2 unspecified atom stereocenters. The van der Waals surface area contributed by atoms with Gasteiger partial charge in [0, 0.05) is 15.5 Å². The molecule has 0 radical (unpaired) electrons. The van der Waals surface area contributed by atoms with Crippen LogP contribution in [0.1, 0.15) is 21.2 Å². The zero-order chi connectivity index (χ0) is 12.7. The topological polar surface area (TPSA) is 20.2 Å². The Kier molecular flexibility index (Phi) is 3.31. The molecule has 0 spiro atoms. The van der Waals surface area contributed by atoms with E-state index in [1.54, 1.807) is 17.8 Å². The minimum atomic E-state index is 0.180. The molecule has 0 fully saturated rings. The third-order valence-electron chi connectivity index (χ3n) is 3.03. The Balaban J connectivity index is 2.01. The lowest BCUT2D eigenvalue weighted by Crippen LogP contribution is -1.96. The van der Waals surface area contributed by atoms with Gasteiger partial charge in [-0.15, -0.1) is 11.8 Å². The fourth-order valence-electron chi connectivity index (χ4n) is 2.15. The molecule has 2 aromatic rings. The van der Waals surface area contributed by atoms with Crippen molar-refractivity contribution >= 4 is 39.3 Å². The van der Waals surface area contributed by atoms with Gasteiger partial charge in [-0.05, 0) is 23.8 Å². The Morgan fingerprint density at radius 1 is 1.11 bits per heavy atom. The summed E-state index contributed by atoms with van der Waals surface area (Å²) in [4.78, 5) is 1.48. The Morgan fingerprint density at radius 3 is 2.61 bits per heavy atom. The molecule has 1 aliphatic rings. The van der Waals surface area contributed by atoms with Crippen LogP contribution in [0.5, 0.6) is 5.75 Å². The molecule has 1 heterocycles. The minimum Gasteiger partial charge on any atom is -0.508 e. The number of hydrogen-bond donors (Lipinski definition) is 1. The van der Waals surface area contributed by atoms with E-state index in [4.69, 9.17) is 11.6 Å². The second-order valence-electron chi connectivity index (χ2n) is 4.18. The Labute approximate surface area is 123 Å². The smallest absolute Gasteiger partial charge is 0.121 e. The molecule has 0 bridgehead atoms. The van der Waals surface area contributed by atoms with E-state index < -0.39 is 0 Å². The summed E-state index contributed by atoms with van der Waals surface area (Å²) < 4.78 is 0. The van der Waals surface area contributed by atoms with Crippen LogP contribution >= 0.6 is 39.3 Å². The zero-order valence-corrected chi connectivity index (χ0v) is 12.5. The molecule has 2 aromatic carbocycles. The lowest BCUT2D eigenvalue weighted by Gasteiger charge is -2.15. The highest BCUT2D eigenvalue weighted by atomic mass is 79.9. The summed E-state index contributed by atoms with van der Waals surface area (Å²) >= 11 is 11.4. The van der Waals surface area contributed by atoms with Gasteiger partial charge in [0.15, 0.2) is 0 Å². The van der Waals surface area contributed by atoms with Gasteiger partial charge in [-0.25, -0.2) is 0 Å². The van der Waals surface area contributed by atoms with Gasteiger partial charge >= 0.3 is 0 Å². The van der Waals surface area contributed by atoms with Crippen molar-refractivity contribution in [1.29, 1.82) is 0 Å². The van der Waals surface area contributed by atoms with Crippen molar-refractivity contribution in [2.24, 2.45) is 0 Å². The van der Waals surface area contributed by atoms with Crippen LogP contribution in [0, 0.1) is 0 Å². The molecule has 92 valence electrons. The Morgan fingerprint density at radius 2 is 1.89 bits per heavy atom. The molecule has 18 heavy (non-hydrogen) atoms. The van der Waals surface area contributed by atoms with Gasteiger partial charge in [-0.2, -0.15) is 0 Å². The van der Waals surface area contributed by atoms with Crippen molar-refractivity contribution in [2.45, 2.75) is 15.0 Å². The van der Waals surface area contributed by atoms with Crippen LogP contribution in [0.3, 0.4) is 0 Å². The van der Waals surface area contributed by atoms with Crippen molar-refractivity contribution in [3.05, 3.63) is 58.6 Å². The highest BCUT2D eigenvalue weighted by molar-refractivity contribution is 9.09. The lowest BCUT2D eigenvalue weighted by atomic mass is 10.0. The van der Waals surface area contributed by atoms with Gasteiger partial charge in [-0.1, -0.05) is 51.8 Å². The van der Waals surface area contributed by atoms with Crippen molar-refractivity contribution < 1.29 is 5.11 Å². The van der Waals surface area contributed by atoms with E-state index in [1.165, 1.54) is 10.5 Å². The number of phenols is 1. The molecule has 4 heteroatoms. The second kappa shape index (κ2) is 4.80. The molecule has 0 aromatic heterocycles. The normalized spacial score (nSPS) is 21.9. The number of aromatic hydroxyl groups is 1. The van der Waals surface area contributed by atoms with E-state index in [2.05, 4.69) is 28.1 Å². The third kappa shape index (κ3) is 2.04. The standard InChI is InChI=1S/C14H10BrClOS/c15-13-10-3-1-2-4-12(10)18-14(13)9-6-5-8(16)7-11(9)17/h1-7,13-14,17H. The number of phenolic OH excluding ortho intramolecular Hbond substituents is 1. The van der Waals surface area contributed by atoms with E-state index in [0.717, 1.165) is 5.56 Å². The lowest BCUT2D eigenvalue weighted by molar-refractivity contribution is 0.467. The fourth-order valence-corrected chi connectivity index (χ4v) is 4.83. The van der Waals surface area contributed by atoms with Crippen LogP contribution in [-0.2, 0) is 0 Å². The number of thioether (sulfide) groups is 1. The summed E-state index contributed by atoms with van der Waals surface area (Å²) in [5, 5.41) is 10.8. The van der Waals surface area contributed by atoms with Crippen LogP contribution in [0.4, 0.5) is 0 Å². The molecule has 0 saturated carbocycles. The first-order valence-electron chi connectivity index (χ1n) is 5.55. The SMILES string of the molecule is Oc1cc(Cl)ccc1C1Sc2ccccc2C1Br. The number of fused-ring (bicyclic) bond motifs is 1. The number of alkyl halides is 1. The highest BCUT2D eigenvalue weighted by Crippen LogP contribution is 2.58. The van der Waals surface area contributed by atoms with Crippen molar-refractivity contribution in [2.75, 3.05) is 0 Å². The fraction of sp³-hybridized carbons (Fsp3) is 0.143. The van der Waals surface area contributed by atoms with E-state index in [0.29, 0.717) is 5.02 Å². The van der Waals surface area contributed by atoms with Gasteiger partial charge in [0.1, 0.15) is 5.75 Å². The zero-order valence-electron chi connectivity index (χ0n) is 9.31. The predicted octanol–water partition coefficient (Wildman–Crippen LogP) is 5.33. The molecule has 3 rings (SSSR count). The van der Waals surface area contributed by atoms with Crippen molar-refractivity contribution in [3.8, 4) is 5.75 Å². The maximum atomic E-state index is 10.0. The first kappa shape index (κ1) is 12.4. The number of rotatable bonds is 1. The van der Waals surface area contributed by atoms with Gasteiger partial charge < -0.3 is 5.11 Å². The molecule has 0 aliphatic carbocycles. The second-order valence-corrected chi connectivity index (χ2v) is 6.79.